The van der Waals surface area contributed by atoms with Gasteiger partial charge in [-0.05, 0) is 61.0 Å². The van der Waals surface area contributed by atoms with E-state index in [-0.39, 0.29) is 29.8 Å². The van der Waals surface area contributed by atoms with Gasteiger partial charge in [-0.1, -0.05) is 133 Å². The Balaban J connectivity index is 1.25. The summed E-state index contributed by atoms with van der Waals surface area (Å²) in [7, 11) is -2.60. The quantitative estimate of drug-likeness (QED) is 0.115. The molecule has 4 aliphatic heterocycles. The van der Waals surface area contributed by atoms with E-state index in [0.29, 0.717) is 19.8 Å². The van der Waals surface area contributed by atoms with Crippen LogP contribution in [0, 0.1) is 0 Å². The van der Waals surface area contributed by atoms with Gasteiger partial charge in [-0.25, -0.2) is 0 Å². The molecule has 0 unspecified atom stereocenters. The van der Waals surface area contributed by atoms with Gasteiger partial charge in [0.25, 0.3) is 0 Å². The molecule has 0 N–H and O–H groups in total. The highest BCUT2D eigenvalue weighted by Gasteiger charge is 2.61. The lowest BCUT2D eigenvalue weighted by Gasteiger charge is -2.52. The van der Waals surface area contributed by atoms with Crippen LogP contribution in [-0.4, -0.2) is 94.5 Å². The summed E-state index contributed by atoms with van der Waals surface area (Å²) in [5.74, 6) is -1.70. The largest absolute Gasteiger partial charge is 0.405 e. The maximum Gasteiger partial charge on any atom is 0.201 e. The van der Waals surface area contributed by atoms with Crippen LogP contribution in [0.15, 0.2) is 91.0 Å². The lowest BCUT2D eigenvalue weighted by molar-refractivity contribution is -0.326. The monoisotopic (exact) mass is 848 g/mol. The highest BCUT2D eigenvalue weighted by atomic mass is 28.4. The van der Waals surface area contributed by atoms with Crippen LogP contribution in [0.3, 0.4) is 0 Å². The summed E-state index contributed by atoms with van der Waals surface area (Å²) in [6, 6.07) is 30.5. The van der Waals surface area contributed by atoms with Crippen molar-refractivity contribution in [3.63, 3.8) is 0 Å². The van der Waals surface area contributed by atoms with Gasteiger partial charge in [-0.2, -0.15) is 0 Å². The topological polar surface area (TPSA) is 102 Å². The molecule has 4 heterocycles. The Labute approximate surface area is 358 Å². The zero-order valence-corrected chi connectivity index (χ0v) is 38.2. The third-order valence-corrected chi connectivity index (χ3v) is 18.4. The molecule has 0 bridgehead atoms. The smallest absolute Gasteiger partial charge is 0.201 e. The van der Waals surface area contributed by atoms with Gasteiger partial charge in [0.1, 0.15) is 48.8 Å². The first kappa shape index (κ1) is 45.5. The molecule has 10 atom stereocenters. The van der Waals surface area contributed by atoms with Crippen molar-refractivity contribution in [1.82, 2.24) is 0 Å². The molecule has 7 rings (SSSR count). The first-order valence-corrected chi connectivity index (χ1v) is 24.0. The van der Waals surface area contributed by atoms with Crippen molar-refractivity contribution < 1.29 is 51.8 Å². The molecule has 4 aliphatic rings. The van der Waals surface area contributed by atoms with Crippen molar-refractivity contribution in [2.45, 2.75) is 179 Å². The van der Waals surface area contributed by atoms with E-state index in [9.17, 15) is 0 Å². The molecular weight excluding hydrogens is 781 g/mol. The highest BCUT2D eigenvalue weighted by Crippen LogP contribution is 2.47. The Morgan fingerprint density at radius 2 is 0.983 bits per heavy atom. The summed E-state index contributed by atoms with van der Waals surface area (Å²) in [6.07, 6.45) is -5.91. The summed E-state index contributed by atoms with van der Waals surface area (Å²) in [4.78, 5) is 0. The van der Waals surface area contributed by atoms with Crippen LogP contribution >= 0.6 is 0 Å². The maximum atomic E-state index is 7.74. The number of rotatable bonds is 18. The molecule has 330 valence electrons. The predicted molar refractivity (Wildman–Crippen MR) is 229 cm³/mol. The fourth-order valence-corrected chi connectivity index (χ4v) is 15.3. The lowest BCUT2D eigenvalue weighted by Crippen LogP contribution is -2.66. The van der Waals surface area contributed by atoms with Crippen molar-refractivity contribution in [3.8, 4) is 0 Å². The molecule has 11 nitrogen and oxygen atoms in total. The van der Waals surface area contributed by atoms with E-state index in [2.05, 4.69) is 77.9 Å². The fraction of sp³-hybridized carbons (Fsp3) is 0.625. The van der Waals surface area contributed by atoms with Gasteiger partial charge in [0.05, 0.1) is 33.0 Å². The van der Waals surface area contributed by atoms with Crippen LogP contribution in [0.2, 0.25) is 16.6 Å². The second-order valence-electron chi connectivity index (χ2n) is 18.5. The van der Waals surface area contributed by atoms with Gasteiger partial charge in [0.15, 0.2) is 24.2 Å². The van der Waals surface area contributed by atoms with Crippen molar-refractivity contribution in [2.24, 2.45) is 0 Å². The van der Waals surface area contributed by atoms with E-state index < -0.39 is 81.3 Å². The molecule has 60 heavy (non-hydrogen) atoms. The number of benzene rings is 3. The first-order valence-electron chi connectivity index (χ1n) is 21.9. The van der Waals surface area contributed by atoms with Crippen LogP contribution in [0.4, 0.5) is 0 Å². The molecule has 12 heteroatoms. The van der Waals surface area contributed by atoms with Crippen molar-refractivity contribution in [2.75, 3.05) is 13.2 Å². The van der Waals surface area contributed by atoms with Gasteiger partial charge in [0, 0.05) is 0 Å². The minimum Gasteiger partial charge on any atom is -0.405 e. The Morgan fingerprint density at radius 1 is 0.500 bits per heavy atom. The van der Waals surface area contributed by atoms with Crippen molar-refractivity contribution >= 4 is 8.32 Å². The summed E-state index contributed by atoms with van der Waals surface area (Å²) in [5, 5.41) is 0. The summed E-state index contributed by atoms with van der Waals surface area (Å²) in [6.45, 7) is 22.7. The van der Waals surface area contributed by atoms with E-state index in [4.69, 9.17) is 51.8 Å². The normalized spacial score (nSPS) is 31.1. The molecule has 4 saturated heterocycles. The molecule has 0 saturated carbocycles. The molecular formula is C48H68O11Si. The predicted octanol–water partition coefficient (Wildman–Crippen LogP) is 9.07. The molecule has 0 spiro atoms. The van der Waals surface area contributed by atoms with Gasteiger partial charge in [0.2, 0.25) is 8.32 Å². The SMILES string of the molecule is CC(C)[Si](O[C@H]1[C@H](OC[C@H]2O[C@@H]3OC(C)(C)O[C@@H]3[C@H]3OC(C)(C)O[C@H]32)O[C@H](COCc2ccccc2)[C@@H](OCc2ccccc2)[C@@H]1OCc1ccccc1)(C(C)C)C(C)C. The third-order valence-electron chi connectivity index (χ3n) is 12.3. The summed E-state index contributed by atoms with van der Waals surface area (Å²) in [5.41, 5.74) is 3.97. The molecule has 0 aromatic heterocycles. The first-order chi connectivity index (χ1) is 28.7. The van der Waals surface area contributed by atoms with Crippen LogP contribution in [0.5, 0.6) is 0 Å². The second kappa shape index (κ2) is 19.4. The summed E-state index contributed by atoms with van der Waals surface area (Å²) >= 11 is 0. The molecule has 4 fully saturated rings. The zero-order valence-electron chi connectivity index (χ0n) is 37.2. The minimum absolute atomic E-state index is 0.107. The van der Waals surface area contributed by atoms with E-state index in [1.54, 1.807) is 0 Å². The van der Waals surface area contributed by atoms with Crippen LogP contribution < -0.4 is 0 Å². The maximum absolute atomic E-state index is 7.74. The standard InChI is InChI=1S/C48H68O11Si/c1-31(2)60(32(3)4,33(5)6)59-44-41(51-28-36-24-18-13-19-25-36)39(50-27-35-22-16-12-17-23-35)37(29-49-26-34-20-14-11-15-21-34)53-45(44)52-30-38-40-42(56-47(7,8)55-40)43-46(54-38)58-48(9,10)57-43/h11-25,31-33,37-46H,26-30H2,1-10H3/t37-,38-,39-,40+,41+,42+,43-,44-,45-,46-/m1/s1. The Bertz CT molecular complexity index is 1740. The number of hydrogen-bond acceptors (Lipinski definition) is 11. The zero-order chi connectivity index (χ0) is 42.7. The van der Waals surface area contributed by atoms with Gasteiger partial charge in [-0.15, -0.1) is 0 Å². The lowest BCUT2D eigenvalue weighted by atomic mass is 9.97. The third kappa shape index (κ3) is 10.4. The van der Waals surface area contributed by atoms with E-state index in [1.807, 2.05) is 82.3 Å². The number of hydrogen-bond donors (Lipinski definition) is 0. The average molecular weight is 849 g/mol. The molecule has 0 radical (unpaired) electrons. The van der Waals surface area contributed by atoms with Crippen molar-refractivity contribution in [3.05, 3.63) is 108 Å². The van der Waals surface area contributed by atoms with Gasteiger partial charge < -0.3 is 51.8 Å². The van der Waals surface area contributed by atoms with E-state index in [1.165, 1.54) is 0 Å². The summed E-state index contributed by atoms with van der Waals surface area (Å²) < 4.78 is 74.5. The van der Waals surface area contributed by atoms with Gasteiger partial charge >= 0.3 is 0 Å². The van der Waals surface area contributed by atoms with Crippen LogP contribution in [0.1, 0.15) is 85.9 Å². The van der Waals surface area contributed by atoms with Crippen LogP contribution in [0.25, 0.3) is 0 Å². The molecule has 0 amide bonds. The number of ether oxygens (including phenoxy) is 10. The van der Waals surface area contributed by atoms with Gasteiger partial charge in [-0.3, -0.25) is 0 Å². The fourth-order valence-electron chi connectivity index (χ4n) is 9.73. The number of fused-ring (bicyclic) bond motifs is 3. The molecule has 3 aromatic carbocycles. The highest BCUT2D eigenvalue weighted by molar-refractivity contribution is 6.77. The second-order valence-corrected chi connectivity index (χ2v) is 23.9. The Hall–Kier alpha value is -2.56. The Morgan fingerprint density at radius 3 is 1.53 bits per heavy atom. The average Bonchev–Trinajstić information content (AvgIpc) is 3.72. The van der Waals surface area contributed by atoms with E-state index >= 15 is 0 Å². The minimum atomic E-state index is -2.60. The van der Waals surface area contributed by atoms with Crippen molar-refractivity contribution in [1.29, 1.82) is 0 Å². The van der Waals surface area contributed by atoms with E-state index in [0.717, 1.165) is 16.7 Å². The molecule has 0 aliphatic carbocycles. The Kier molecular flexibility index (Phi) is 14.7. The van der Waals surface area contributed by atoms with Crippen LogP contribution in [-0.2, 0) is 71.6 Å². The molecule has 3 aromatic rings.